The van der Waals surface area contributed by atoms with Crippen LogP contribution in [0.1, 0.15) is 50.2 Å². The minimum atomic E-state index is 0.297. The third kappa shape index (κ3) is 4.70. The first-order chi connectivity index (χ1) is 13.2. The number of phenolic OH excluding ortho intramolecular Hbond substituents is 1. The number of benzene rings is 2. The van der Waals surface area contributed by atoms with Gasteiger partial charge in [0, 0.05) is 19.5 Å². The van der Waals surface area contributed by atoms with Crippen molar-refractivity contribution in [3.8, 4) is 11.8 Å². The molecule has 2 fully saturated rings. The van der Waals surface area contributed by atoms with Crippen LogP contribution in [0.2, 0.25) is 0 Å². The highest BCUT2D eigenvalue weighted by Gasteiger charge is 2.43. The Bertz CT molecular complexity index is 767. The SMILES string of the molecule is CC#N.Oc1cccc(C23CCCC(C2)N(CCc2ccccc2)CC3)c1. The number of nitrogens with zero attached hydrogens (tertiary/aromatic N) is 2. The van der Waals surface area contributed by atoms with Crippen LogP contribution in [0.4, 0.5) is 0 Å². The molecule has 0 amide bonds. The van der Waals surface area contributed by atoms with Crippen molar-refractivity contribution in [3.63, 3.8) is 0 Å². The molecule has 0 radical (unpaired) electrons. The fourth-order valence-corrected chi connectivity index (χ4v) is 4.86. The van der Waals surface area contributed by atoms with Gasteiger partial charge in [0.05, 0.1) is 6.07 Å². The third-order valence-corrected chi connectivity index (χ3v) is 6.20. The number of hydrogen-bond donors (Lipinski definition) is 1. The molecule has 27 heavy (non-hydrogen) atoms. The van der Waals surface area contributed by atoms with E-state index in [0.29, 0.717) is 17.2 Å². The number of likely N-dealkylation sites (tertiary alicyclic amines) is 1. The van der Waals surface area contributed by atoms with Gasteiger partial charge in [-0.1, -0.05) is 48.9 Å². The van der Waals surface area contributed by atoms with Gasteiger partial charge in [-0.25, -0.2) is 0 Å². The van der Waals surface area contributed by atoms with Crippen molar-refractivity contribution >= 4 is 0 Å². The molecule has 1 saturated heterocycles. The standard InChI is InChI=1S/C22H27NO.C2H3N/c24-21-10-4-8-19(16-21)22-12-5-9-20(17-22)23(15-13-22)14-11-18-6-2-1-3-7-18;1-2-3/h1-4,6-8,10,16,20,24H,5,9,11-15,17H2;1H3. The molecule has 1 saturated carbocycles. The summed E-state index contributed by atoms with van der Waals surface area (Å²) in [6.45, 7) is 3.79. The summed E-state index contributed by atoms with van der Waals surface area (Å²) in [5.41, 5.74) is 3.10. The van der Waals surface area contributed by atoms with Gasteiger partial charge in [0.1, 0.15) is 5.75 Å². The molecule has 2 aromatic rings. The number of piperidine rings is 1. The Labute approximate surface area is 163 Å². The first kappa shape index (κ1) is 19.5. The van der Waals surface area contributed by atoms with Gasteiger partial charge in [-0.2, -0.15) is 5.26 Å². The van der Waals surface area contributed by atoms with Crippen molar-refractivity contribution in [2.45, 2.75) is 56.9 Å². The number of nitriles is 1. The summed E-state index contributed by atoms with van der Waals surface area (Å²) in [4.78, 5) is 2.72. The van der Waals surface area contributed by atoms with E-state index in [1.54, 1.807) is 12.1 Å². The van der Waals surface area contributed by atoms with Crippen LogP contribution in [0.15, 0.2) is 54.6 Å². The zero-order chi connectivity index (χ0) is 19.1. The van der Waals surface area contributed by atoms with Crippen molar-refractivity contribution < 1.29 is 5.11 Å². The van der Waals surface area contributed by atoms with Crippen LogP contribution in [0.5, 0.6) is 5.75 Å². The maximum absolute atomic E-state index is 9.89. The van der Waals surface area contributed by atoms with E-state index in [9.17, 15) is 5.11 Å². The molecule has 2 unspecified atom stereocenters. The average Bonchev–Trinajstić information content (AvgIpc) is 2.69. The predicted octanol–water partition coefficient (Wildman–Crippen LogP) is 5.05. The van der Waals surface area contributed by atoms with Crippen molar-refractivity contribution in [2.24, 2.45) is 0 Å². The molecule has 1 aliphatic heterocycles. The van der Waals surface area contributed by atoms with Gasteiger partial charge in [-0.3, -0.25) is 4.90 Å². The fraction of sp³-hybridized carbons (Fsp3) is 0.458. The molecule has 1 N–H and O–H groups in total. The minimum absolute atomic E-state index is 0.297. The lowest BCUT2D eigenvalue weighted by Crippen LogP contribution is -2.52. The van der Waals surface area contributed by atoms with Crippen molar-refractivity contribution in [3.05, 3.63) is 65.7 Å². The first-order valence-electron chi connectivity index (χ1n) is 10.1. The highest BCUT2D eigenvalue weighted by atomic mass is 16.3. The second-order valence-electron chi connectivity index (χ2n) is 7.83. The average molecular weight is 363 g/mol. The van der Waals surface area contributed by atoms with Gasteiger partial charge in [0.15, 0.2) is 0 Å². The largest absolute Gasteiger partial charge is 0.508 e. The summed E-state index contributed by atoms with van der Waals surface area (Å²) < 4.78 is 0. The molecule has 2 bridgehead atoms. The topological polar surface area (TPSA) is 47.3 Å². The Kier molecular flexibility index (Phi) is 6.53. The maximum atomic E-state index is 9.89. The lowest BCUT2D eigenvalue weighted by Gasteiger charge is -2.51. The summed E-state index contributed by atoms with van der Waals surface area (Å²) >= 11 is 0. The van der Waals surface area contributed by atoms with Gasteiger partial charge < -0.3 is 5.11 Å². The van der Waals surface area contributed by atoms with Crippen LogP contribution in [0, 0.1) is 11.3 Å². The van der Waals surface area contributed by atoms with E-state index in [1.807, 2.05) is 12.1 Å². The highest BCUT2D eigenvalue weighted by molar-refractivity contribution is 5.34. The third-order valence-electron chi connectivity index (χ3n) is 6.20. The van der Waals surface area contributed by atoms with Crippen LogP contribution < -0.4 is 0 Å². The normalized spacial score (nSPS) is 24.4. The first-order valence-corrected chi connectivity index (χ1v) is 10.1. The zero-order valence-corrected chi connectivity index (χ0v) is 16.3. The van der Waals surface area contributed by atoms with Gasteiger partial charge in [0.25, 0.3) is 0 Å². The Morgan fingerprint density at radius 3 is 2.67 bits per heavy atom. The second-order valence-corrected chi connectivity index (χ2v) is 7.83. The summed E-state index contributed by atoms with van der Waals surface area (Å²) in [6.07, 6.45) is 7.54. The molecule has 0 spiro atoms. The second kappa shape index (κ2) is 9.06. The summed E-state index contributed by atoms with van der Waals surface area (Å²) in [5, 5.41) is 17.2. The Hall–Kier alpha value is -2.31. The maximum Gasteiger partial charge on any atom is 0.115 e. The monoisotopic (exact) mass is 362 g/mol. The van der Waals surface area contributed by atoms with Crippen molar-refractivity contribution in [1.29, 1.82) is 5.26 Å². The van der Waals surface area contributed by atoms with Crippen LogP contribution >= 0.6 is 0 Å². The minimum Gasteiger partial charge on any atom is -0.508 e. The van der Waals surface area contributed by atoms with Crippen LogP contribution in [-0.2, 0) is 11.8 Å². The smallest absolute Gasteiger partial charge is 0.115 e. The molecule has 3 nitrogen and oxygen atoms in total. The molecule has 142 valence electrons. The summed E-state index contributed by atoms with van der Waals surface area (Å²) in [7, 11) is 0. The van der Waals surface area contributed by atoms with Crippen LogP contribution in [-0.4, -0.2) is 29.1 Å². The quantitative estimate of drug-likeness (QED) is 0.828. The molecular formula is C24H30N2O. The van der Waals surface area contributed by atoms with E-state index in [4.69, 9.17) is 5.26 Å². The van der Waals surface area contributed by atoms with Crippen LogP contribution in [0.3, 0.4) is 0 Å². The predicted molar refractivity (Wildman–Crippen MR) is 110 cm³/mol. The number of phenols is 1. The van der Waals surface area contributed by atoms with Gasteiger partial charge >= 0.3 is 0 Å². The lowest BCUT2D eigenvalue weighted by atomic mass is 9.63. The number of aromatic hydroxyl groups is 1. The molecule has 2 aromatic carbocycles. The Morgan fingerprint density at radius 1 is 1.15 bits per heavy atom. The van der Waals surface area contributed by atoms with E-state index < -0.39 is 0 Å². The number of fused-ring (bicyclic) bond motifs is 2. The highest BCUT2D eigenvalue weighted by Crippen LogP contribution is 2.47. The molecule has 2 atom stereocenters. The molecular weight excluding hydrogens is 332 g/mol. The van der Waals surface area contributed by atoms with Gasteiger partial charge in [-0.15, -0.1) is 0 Å². The molecule has 3 heteroatoms. The van der Waals surface area contributed by atoms with E-state index in [1.165, 1.54) is 63.2 Å². The number of hydrogen-bond acceptors (Lipinski definition) is 3. The lowest BCUT2D eigenvalue weighted by molar-refractivity contribution is 0.0524. The van der Waals surface area contributed by atoms with Crippen molar-refractivity contribution in [2.75, 3.05) is 13.1 Å². The van der Waals surface area contributed by atoms with Gasteiger partial charge in [-0.05, 0) is 67.3 Å². The fourth-order valence-electron chi connectivity index (χ4n) is 4.86. The Balaban J connectivity index is 0.000000659. The van der Waals surface area contributed by atoms with Crippen LogP contribution in [0.25, 0.3) is 0 Å². The van der Waals surface area contributed by atoms with E-state index in [0.717, 1.165) is 6.42 Å². The van der Waals surface area contributed by atoms with Gasteiger partial charge in [0.2, 0.25) is 0 Å². The molecule has 1 heterocycles. The summed E-state index contributed by atoms with van der Waals surface area (Å²) in [5.74, 6) is 0.413. The summed E-state index contributed by atoms with van der Waals surface area (Å²) in [6, 6.07) is 21.3. The molecule has 4 rings (SSSR count). The Morgan fingerprint density at radius 2 is 1.93 bits per heavy atom. The molecule has 0 aromatic heterocycles. The van der Waals surface area contributed by atoms with Crippen molar-refractivity contribution in [1.82, 2.24) is 4.90 Å². The molecule has 1 aliphatic carbocycles. The zero-order valence-electron chi connectivity index (χ0n) is 16.3. The number of rotatable bonds is 4. The molecule has 2 aliphatic rings. The van der Waals surface area contributed by atoms with E-state index in [-0.39, 0.29) is 0 Å². The van der Waals surface area contributed by atoms with E-state index >= 15 is 0 Å². The van der Waals surface area contributed by atoms with E-state index in [2.05, 4.69) is 41.3 Å².